The normalized spacial score (nSPS) is 11.7. The summed E-state index contributed by atoms with van der Waals surface area (Å²) in [4.78, 5) is 53.5. The molecular weight excluding hydrogens is 428 g/mol. The lowest BCUT2D eigenvalue weighted by Gasteiger charge is -2.10. The van der Waals surface area contributed by atoms with E-state index in [0.29, 0.717) is 11.4 Å². The number of aryl methyl sites for hydroxylation is 6. The quantitative estimate of drug-likeness (QED) is 0.409. The molecule has 6 heteroatoms. The largest absolute Gasteiger partial charge is 0.268 e. The second-order valence-electron chi connectivity index (χ2n) is 9.33. The molecule has 0 aliphatic heterocycles. The van der Waals surface area contributed by atoms with Crippen molar-refractivity contribution in [1.82, 2.24) is 9.13 Å². The van der Waals surface area contributed by atoms with Crippen molar-refractivity contribution in [1.29, 1.82) is 0 Å². The Morgan fingerprint density at radius 3 is 0.882 bits per heavy atom. The van der Waals surface area contributed by atoms with E-state index < -0.39 is 22.2 Å². The third-order valence-corrected chi connectivity index (χ3v) is 6.61. The van der Waals surface area contributed by atoms with Crippen LogP contribution in [0.4, 0.5) is 0 Å². The van der Waals surface area contributed by atoms with Crippen molar-refractivity contribution in [3.05, 3.63) is 111 Å². The highest BCUT2D eigenvalue weighted by atomic mass is 16.2. The first-order valence-electron chi connectivity index (χ1n) is 11.1. The Kier molecular flexibility index (Phi) is 4.62. The fourth-order valence-corrected chi connectivity index (χ4v) is 5.43. The van der Waals surface area contributed by atoms with Crippen molar-refractivity contribution in [2.24, 2.45) is 0 Å². The van der Waals surface area contributed by atoms with Crippen LogP contribution >= 0.6 is 0 Å². The number of fused-ring (bicyclic) bond motifs is 2. The van der Waals surface area contributed by atoms with Crippen molar-refractivity contribution in [2.75, 3.05) is 0 Å². The summed E-state index contributed by atoms with van der Waals surface area (Å²) in [5, 5.41) is 0.568. The van der Waals surface area contributed by atoms with Gasteiger partial charge in [-0.05, 0) is 75.9 Å². The summed E-state index contributed by atoms with van der Waals surface area (Å²) < 4.78 is 2.32. The summed E-state index contributed by atoms with van der Waals surface area (Å²) in [6.07, 6.45) is 0. The van der Waals surface area contributed by atoms with E-state index in [4.69, 9.17) is 0 Å². The molecule has 0 fully saturated rings. The van der Waals surface area contributed by atoms with Crippen LogP contribution in [0.15, 0.2) is 55.6 Å². The first kappa shape index (κ1) is 21.8. The fourth-order valence-electron chi connectivity index (χ4n) is 5.43. The molecule has 0 N–H and O–H groups in total. The minimum atomic E-state index is -0.487. The van der Waals surface area contributed by atoms with E-state index in [2.05, 4.69) is 0 Å². The second kappa shape index (κ2) is 7.22. The van der Waals surface area contributed by atoms with E-state index >= 15 is 0 Å². The Hall–Kier alpha value is -4.06. The fraction of sp³-hybridized carbons (Fsp3) is 0.214. The first-order chi connectivity index (χ1) is 16.0. The highest BCUT2D eigenvalue weighted by Gasteiger charge is 2.23. The lowest BCUT2D eigenvalue weighted by atomic mass is 10.1. The van der Waals surface area contributed by atoms with Gasteiger partial charge in [0.15, 0.2) is 0 Å². The Morgan fingerprint density at radius 1 is 0.412 bits per heavy atom. The molecule has 0 unspecified atom stereocenters. The van der Waals surface area contributed by atoms with E-state index in [0.717, 1.165) is 42.5 Å². The Bertz CT molecular complexity index is 1630. The molecule has 5 rings (SSSR count). The molecule has 0 radical (unpaired) electrons. The summed E-state index contributed by atoms with van der Waals surface area (Å²) in [6.45, 7) is 11.3. The van der Waals surface area contributed by atoms with Gasteiger partial charge in [-0.25, -0.2) is 9.13 Å². The van der Waals surface area contributed by atoms with Crippen molar-refractivity contribution in [2.45, 2.75) is 41.5 Å². The van der Waals surface area contributed by atoms with E-state index in [-0.39, 0.29) is 21.5 Å². The van der Waals surface area contributed by atoms with Gasteiger partial charge in [0.05, 0.1) is 32.9 Å². The number of hydrogen-bond donors (Lipinski definition) is 0. The third-order valence-electron chi connectivity index (χ3n) is 6.61. The maximum Gasteiger partial charge on any atom is 0.266 e. The van der Waals surface area contributed by atoms with Crippen molar-refractivity contribution in [3.8, 4) is 11.4 Å². The predicted octanol–water partition coefficient (Wildman–Crippen LogP) is 3.74. The molecule has 34 heavy (non-hydrogen) atoms. The lowest BCUT2D eigenvalue weighted by molar-refractivity contribution is 0.960. The Balaban J connectivity index is 1.88. The maximum absolute atomic E-state index is 13.4. The monoisotopic (exact) mass is 452 g/mol. The van der Waals surface area contributed by atoms with Gasteiger partial charge in [0.25, 0.3) is 22.2 Å². The number of hydrogen-bond acceptors (Lipinski definition) is 4. The highest BCUT2D eigenvalue weighted by Crippen LogP contribution is 2.23. The zero-order valence-corrected chi connectivity index (χ0v) is 20.0. The zero-order valence-electron chi connectivity index (χ0n) is 20.0. The Labute approximate surface area is 195 Å². The summed E-state index contributed by atoms with van der Waals surface area (Å²) in [5.41, 5.74) is 4.44. The number of aromatic nitrogens is 2. The van der Waals surface area contributed by atoms with Gasteiger partial charge in [-0.15, -0.1) is 0 Å². The molecule has 0 atom stereocenters. The average molecular weight is 453 g/mol. The average Bonchev–Trinajstić information content (AvgIpc) is 3.12. The molecule has 0 aliphatic rings. The van der Waals surface area contributed by atoms with Crippen LogP contribution in [0.2, 0.25) is 0 Å². The van der Waals surface area contributed by atoms with E-state index in [1.165, 1.54) is 12.1 Å². The van der Waals surface area contributed by atoms with Gasteiger partial charge >= 0.3 is 0 Å². The molecule has 170 valence electrons. The van der Waals surface area contributed by atoms with Crippen LogP contribution in [-0.2, 0) is 0 Å². The zero-order chi connectivity index (χ0) is 24.6. The van der Waals surface area contributed by atoms with Crippen LogP contribution < -0.4 is 22.2 Å². The first-order valence-corrected chi connectivity index (χ1v) is 11.1. The molecule has 2 heterocycles. The maximum atomic E-state index is 13.4. The molecule has 0 saturated carbocycles. The molecule has 0 spiro atoms. The van der Waals surface area contributed by atoms with Gasteiger partial charge in [-0.1, -0.05) is 35.4 Å². The van der Waals surface area contributed by atoms with Gasteiger partial charge in [0, 0.05) is 0 Å². The van der Waals surface area contributed by atoms with Gasteiger partial charge in [-0.2, -0.15) is 0 Å². The van der Waals surface area contributed by atoms with Gasteiger partial charge in [0.2, 0.25) is 0 Å². The van der Waals surface area contributed by atoms with Crippen LogP contribution in [-0.4, -0.2) is 9.13 Å². The van der Waals surface area contributed by atoms with Gasteiger partial charge < -0.3 is 0 Å². The van der Waals surface area contributed by atoms with Gasteiger partial charge in [-0.3, -0.25) is 19.2 Å². The molecule has 0 amide bonds. The smallest absolute Gasteiger partial charge is 0.266 e. The summed E-state index contributed by atoms with van der Waals surface area (Å²) in [6, 6.07) is 10.5. The molecule has 0 aliphatic carbocycles. The second-order valence-corrected chi connectivity index (χ2v) is 9.33. The lowest BCUT2D eigenvalue weighted by Crippen LogP contribution is -2.26. The van der Waals surface area contributed by atoms with E-state index in [9.17, 15) is 19.2 Å². The van der Waals surface area contributed by atoms with Crippen molar-refractivity contribution in [3.63, 3.8) is 0 Å². The minimum Gasteiger partial charge on any atom is -0.268 e. The molecule has 6 nitrogen and oxygen atoms in total. The number of benzene rings is 3. The summed E-state index contributed by atoms with van der Waals surface area (Å²) >= 11 is 0. The molecule has 0 saturated heterocycles. The van der Waals surface area contributed by atoms with Crippen molar-refractivity contribution < 1.29 is 0 Å². The minimum absolute atomic E-state index is 0.142. The van der Waals surface area contributed by atoms with E-state index in [1.54, 1.807) is 0 Å². The SMILES string of the molecule is Cc1cc(C)c(-n2c(=O)c3cc4c(=O)n(-c5c(C)cc(C)cc5C)c(=O)c4cc3c2=O)c(C)c1. The molecule has 5 aromatic rings. The summed E-state index contributed by atoms with van der Waals surface area (Å²) in [7, 11) is 0. The van der Waals surface area contributed by atoms with Gasteiger partial charge in [0.1, 0.15) is 0 Å². The van der Waals surface area contributed by atoms with Crippen LogP contribution in [0.3, 0.4) is 0 Å². The molecular formula is C28H24N2O4. The standard InChI is InChI=1S/C28H24N2O4/c1-13-7-15(3)23(16(4)8-13)29-25(31)19-11-21-22(12-20(19)26(29)32)28(34)30(27(21)33)24-17(5)9-14(2)10-18(24)6/h7-12H,1-6H3. The molecule has 3 aromatic carbocycles. The topological polar surface area (TPSA) is 78.1 Å². The number of rotatable bonds is 2. The predicted molar refractivity (Wildman–Crippen MR) is 136 cm³/mol. The summed E-state index contributed by atoms with van der Waals surface area (Å²) in [5.74, 6) is 0. The number of nitrogens with zero attached hydrogens (tertiary/aromatic N) is 2. The highest BCUT2D eigenvalue weighted by molar-refractivity contribution is 5.98. The Morgan fingerprint density at radius 2 is 0.647 bits per heavy atom. The van der Waals surface area contributed by atoms with Crippen LogP contribution in [0, 0.1) is 41.5 Å². The third kappa shape index (κ3) is 2.88. The van der Waals surface area contributed by atoms with Crippen LogP contribution in [0.25, 0.3) is 32.9 Å². The van der Waals surface area contributed by atoms with Crippen LogP contribution in [0.1, 0.15) is 33.4 Å². The van der Waals surface area contributed by atoms with Crippen LogP contribution in [0.5, 0.6) is 0 Å². The van der Waals surface area contributed by atoms with Crippen molar-refractivity contribution >= 4 is 21.5 Å². The molecule has 2 aromatic heterocycles. The van der Waals surface area contributed by atoms with E-state index in [1.807, 2.05) is 65.8 Å². The molecule has 0 bridgehead atoms.